The van der Waals surface area contributed by atoms with E-state index in [4.69, 9.17) is 0 Å². The Bertz CT molecular complexity index is 857. The van der Waals surface area contributed by atoms with Crippen molar-refractivity contribution in [3.8, 4) is 6.07 Å². The number of nitrogens with zero attached hydrogens (tertiary/aromatic N) is 4. The minimum Gasteiger partial charge on any atom is -0.296 e. The van der Waals surface area contributed by atoms with E-state index in [1.165, 1.54) is 6.42 Å². The van der Waals surface area contributed by atoms with Gasteiger partial charge in [-0.25, -0.2) is 13.5 Å². The highest BCUT2D eigenvalue weighted by Gasteiger charge is 2.47. The third-order valence-corrected chi connectivity index (χ3v) is 6.31. The van der Waals surface area contributed by atoms with Gasteiger partial charge in [0.25, 0.3) is 5.92 Å². The SMILES string of the molecule is CC(F)(F)[C@@H](N[C@H](c1cn(C2(C#N)CC2)nn1)C1CCCCC1)c1ccccc1. The highest BCUT2D eigenvalue weighted by Crippen LogP contribution is 2.43. The minimum atomic E-state index is -2.94. The second-order valence-electron chi connectivity index (χ2n) is 8.57. The van der Waals surface area contributed by atoms with Crippen molar-refractivity contribution in [2.45, 2.75) is 75.4 Å². The molecule has 1 heterocycles. The molecule has 0 radical (unpaired) electrons. The second kappa shape index (κ2) is 7.83. The first-order valence-corrected chi connectivity index (χ1v) is 10.5. The summed E-state index contributed by atoms with van der Waals surface area (Å²) in [5, 5.41) is 21.2. The van der Waals surface area contributed by atoms with Gasteiger partial charge < -0.3 is 0 Å². The topological polar surface area (TPSA) is 66.5 Å². The van der Waals surface area contributed by atoms with Crippen molar-refractivity contribution in [3.63, 3.8) is 0 Å². The summed E-state index contributed by atoms with van der Waals surface area (Å²) < 4.78 is 30.9. The highest BCUT2D eigenvalue weighted by atomic mass is 19.3. The first kappa shape index (κ1) is 20.0. The fraction of sp³-hybridized carbons (Fsp3) is 0.591. The number of nitriles is 1. The number of halogens is 2. The molecule has 0 unspecified atom stereocenters. The lowest BCUT2D eigenvalue weighted by Gasteiger charge is -2.35. The molecule has 0 saturated heterocycles. The molecular weight excluding hydrogens is 372 g/mol. The van der Waals surface area contributed by atoms with E-state index >= 15 is 0 Å². The van der Waals surface area contributed by atoms with E-state index in [1.54, 1.807) is 35.1 Å². The van der Waals surface area contributed by atoms with Crippen LogP contribution >= 0.6 is 0 Å². The second-order valence-corrected chi connectivity index (χ2v) is 8.57. The average Bonchev–Trinajstić information content (AvgIpc) is 3.38. The first-order chi connectivity index (χ1) is 13.9. The van der Waals surface area contributed by atoms with Crippen molar-refractivity contribution < 1.29 is 8.78 Å². The van der Waals surface area contributed by atoms with Crippen LogP contribution < -0.4 is 5.32 Å². The lowest BCUT2D eigenvalue weighted by molar-refractivity contribution is -0.0271. The Morgan fingerprint density at radius 3 is 2.48 bits per heavy atom. The minimum absolute atomic E-state index is 0.222. The van der Waals surface area contributed by atoms with Crippen molar-refractivity contribution in [1.82, 2.24) is 20.3 Å². The number of hydrogen-bond donors (Lipinski definition) is 1. The maximum Gasteiger partial charge on any atom is 0.264 e. The predicted molar refractivity (Wildman–Crippen MR) is 105 cm³/mol. The van der Waals surface area contributed by atoms with Crippen LogP contribution in [-0.2, 0) is 5.54 Å². The van der Waals surface area contributed by atoms with Gasteiger partial charge in [-0.05, 0) is 37.2 Å². The summed E-state index contributed by atoms with van der Waals surface area (Å²) in [7, 11) is 0. The molecule has 4 rings (SSSR count). The van der Waals surface area contributed by atoms with Crippen LogP contribution in [0.4, 0.5) is 8.78 Å². The molecule has 2 aromatic rings. The number of rotatable bonds is 7. The molecule has 2 aliphatic carbocycles. The van der Waals surface area contributed by atoms with Gasteiger partial charge in [0.05, 0.1) is 30.0 Å². The fourth-order valence-electron chi connectivity index (χ4n) is 4.43. The molecule has 1 aromatic heterocycles. The molecule has 7 heteroatoms. The molecule has 0 bridgehead atoms. The van der Waals surface area contributed by atoms with E-state index in [0.29, 0.717) is 11.3 Å². The van der Waals surface area contributed by atoms with Crippen LogP contribution in [-0.4, -0.2) is 20.9 Å². The van der Waals surface area contributed by atoms with Crippen LogP contribution in [0.15, 0.2) is 36.5 Å². The van der Waals surface area contributed by atoms with Gasteiger partial charge in [0, 0.05) is 6.92 Å². The number of hydrogen-bond acceptors (Lipinski definition) is 4. The van der Waals surface area contributed by atoms with Crippen LogP contribution in [0, 0.1) is 17.2 Å². The summed E-state index contributed by atoms with van der Waals surface area (Å²) in [5.41, 5.74) is 0.614. The van der Waals surface area contributed by atoms with Gasteiger partial charge in [-0.3, -0.25) is 5.32 Å². The fourth-order valence-corrected chi connectivity index (χ4v) is 4.43. The van der Waals surface area contributed by atoms with Gasteiger partial charge >= 0.3 is 0 Å². The lowest BCUT2D eigenvalue weighted by Crippen LogP contribution is -2.40. The van der Waals surface area contributed by atoms with E-state index in [1.807, 2.05) is 6.07 Å². The lowest BCUT2D eigenvalue weighted by atomic mass is 9.82. The Morgan fingerprint density at radius 2 is 1.90 bits per heavy atom. The molecule has 154 valence electrons. The zero-order chi connectivity index (χ0) is 20.5. The van der Waals surface area contributed by atoms with Crippen molar-refractivity contribution in [2.75, 3.05) is 0 Å². The molecule has 5 nitrogen and oxygen atoms in total. The van der Waals surface area contributed by atoms with Gasteiger partial charge in [-0.2, -0.15) is 5.26 Å². The number of alkyl halides is 2. The third-order valence-electron chi connectivity index (χ3n) is 6.31. The van der Waals surface area contributed by atoms with E-state index in [9.17, 15) is 14.0 Å². The van der Waals surface area contributed by atoms with Gasteiger partial charge in [-0.1, -0.05) is 54.8 Å². The van der Waals surface area contributed by atoms with Crippen LogP contribution in [0.5, 0.6) is 0 Å². The van der Waals surface area contributed by atoms with Crippen molar-refractivity contribution in [1.29, 1.82) is 5.26 Å². The molecule has 29 heavy (non-hydrogen) atoms. The predicted octanol–water partition coefficient (Wildman–Crippen LogP) is 4.90. The summed E-state index contributed by atoms with van der Waals surface area (Å²) in [6.07, 6.45) is 8.63. The van der Waals surface area contributed by atoms with Gasteiger partial charge in [0.15, 0.2) is 5.54 Å². The van der Waals surface area contributed by atoms with Gasteiger partial charge in [0.2, 0.25) is 0 Å². The Labute approximate surface area is 170 Å². The molecule has 1 aromatic carbocycles. The van der Waals surface area contributed by atoms with Crippen LogP contribution in [0.25, 0.3) is 0 Å². The molecule has 1 N–H and O–H groups in total. The molecule has 2 fully saturated rings. The molecular formula is C22H27F2N5. The van der Waals surface area contributed by atoms with Crippen molar-refractivity contribution in [2.24, 2.45) is 5.92 Å². The van der Waals surface area contributed by atoms with E-state index in [2.05, 4.69) is 21.7 Å². The Balaban J connectivity index is 1.66. The van der Waals surface area contributed by atoms with Crippen LogP contribution in [0.3, 0.4) is 0 Å². The van der Waals surface area contributed by atoms with Crippen molar-refractivity contribution in [3.05, 3.63) is 47.8 Å². The Kier molecular flexibility index (Phi) is 5.39. The van der Waals surface area contributed by atoms with E-state index < -0.39 is 17.5 Å². The third kappa shape index (κ3) is 4.18. The molecule has 2 saturated carbocycles. The van der Waals surface area contributed by atoms with Gasteiger partial charge in [-0.15, -0.1) is 5.10 Å². The molecule has 0 spiro atoms. The standard InChI is InChI=1S/C22H27F2N5/c1-21(23,24)20(17-10-6-3-7-11-17)26-19(16-8-4-2-5-9-16)18-14-29(28-27-18)22(15-25)12-13-22/h3,6-7,10-11,14,16,19-20,26H,2,4-5,8-9,12-13H2,1H3/t19-,20-/m0/s1. The maximum atomic E-state index is 14.6. The van der Waals surface area contributed by atoms with Crippen LogP contribution in [0.2, 0.25) is 0 Å². The number of nitrogens with one attached hydrogen (secondary N) is 1. The smallest absolute Gasteiger partial charge is 0.264 e. The number of benzene rings is 1. The maximum absolute atomic E-state index is 14.6. The summed E-state index contributed by atoms with van der Waals surface area (Å²) in [6, 6.07) is 9.73. The first-order valence-electron chi connectivity index (χ1n) is 10.5. The van der Waals surface area contributed by atoms with Crippen LogP contribution in [0.1, 0.15) is 75.2 Å². The zero-order valence-corrected chi connectivity index (χ0v) is 16.7. The summed E-state index contributed by atoms with van der Waals surface area (Å²) in [5.74, 6) is -2.71. The molecule has 0 amide bonds. The summed E-state index contributed by atoms with van der Waals surface area (Å²) in [4.78, 5) is 0. The monoisotopic (exact) mass is 399 g/mol. The normalized spacial score (nSPS) is 21.3. The molecule has 0 aliphatic heterocycles. The van der Waals surface area contributed by atoms with Crippen molar-refractivity contribution >= 4 is 0 Å². The molecule has 2 aliphatic rings. The average molecular weight is 399 g/mol. The Hall–Kier alpha value is -2.33. The van der Waals surface area contributed by atoms with E-state index in [-0.39, 0.29) is 12.0 Å². The zero-order valence-electron chi connectivity index (χ0n) is 16.7. The number of aromatic nitrogens is 3. The summed E-state index contributed by atoms with van der Waals surface area (Å²) >= 11 is 0. The quantitative estimate of drug-likeness (QED) is 0.719. The molecule has 2 atom stereocenters. The largest absolute Gasteiger partial charge is 0.296 e. The summed E-state index contributed by atoms with van der Waals surface area (Å²) in [6.45, 7) is 0.960. The van der Waals surface area contributed by atoms with Gasteiger partial charge in [0.1, 0.15) is 0 Å². The highest BCUT2D eigenvalue weighted by molar-refractivity contribution is 5.23. The Morgan fingerprint density at radius 1 is 1.21 bits per heavy atom. The van der Waals surface area contributed by atoms with E-state index in [0.717, 1.165) is 45.4 Å².